The molecule has 0 aliphatic heterocycles. The number of benzene rings is 2. The molecule has 1 aliphatic rings. The van der Waals surface area contributed by atoms with Crippen molar-refractivity contribution in [2.45, 2.75) is 13.3 Å². The number of thiazole rings is 1. The summed E-state index contributed by atoms with van der Waals surface area (Å²) in [6.07, 6.45) is 0.827. The zero-order valence-corrected chi connectivity index (χ0v) is 18.1. The smallest absolute Gasteiger partial charge is 0.195 e. The van der Waals surface area contributed by atoms with Crippen LogP contribution in [0.25, 0.3) is 11.1 Å². The average molecular weight is 430 g/mol. The van der Waals surface area contributed by atoms with Gasteiger partial charge in [0.05, 0.1) is 17.8 Å². The number of ether oxygens (including phenoxy) is 1. The molecule has 5 heteroatoms. The highest BCUT2D eigenvalue weighted by Crippen LogP contribution is 2.45. The van der Waals surface area contributed by atoms with Gasteiger partial charge in [-0.3, -0.25) is 4.79 Å². The van der Waals surface area contributed by atoms with Crippen LogP contribution in [0, 0.1) is 6.92 Å². The summed E-state index contributed by atoms with van der Waals surface area (Å²) in [7, 11) is 0. The third-order valence-electron chi connectivity index (χ3n) is 5.23. The van der Waals surface area contributed by atoms with E-state index in [-0.39, 0.29) is 5.78 Å². The summed E-state index contributed by atoms with van der Waals surface area (Å²) in [6, 6.07) is 20.1. The molecule has 0 amide bonds. The maximum absolute atomic E-state index is 13.4. The van der Waals surface area contributed by atoms with Crippen molar-refractivity contribution in [1.82, 2.24) is 4.98 Å². The van der Waals surface area contributed by atoms with Crippen LogP contribution in [0.5, 0.6) is 5.75 Å². The summed E-state index contributed by atoms with van der Waals surface area (Å²) >= 11 is 3.18. The highest BCUT2D eigenvalue weighted by molar-refractivity contribution is 7.12. The number of Topliss-reactive ketones (excluding diaryl/α,β-unsaturated/α-hetero) is 1. The molecule has 0 fully saturated rings. The fourth-order valence-electron chi connectivity index (χ4n) is 3.78. The van der Waals surface area contributed by atoms with E-state index in [0.29, 0.717) is 12.2 Å². The summed E-state index contributed by atoms with van der Waals surface area (Å²) in [6.45, 7) is 2.62. The van der Waals surface area contributed by atoms with Gasteiger partial charge in [0.2, 0.25) is 0 Å². The van der Waals surface area contributed by atoms with Gasteiger partial charge in [-0.25, -0.2) is 4.98 Å². The monoisotopic (exact) mass is 429 g/mol. The number of rotatable bonds is 6. The van der Waals surface area contributed by atoms with Crippen molar-refractivity contribution in [2.24, 2.45) is 0 Å². The highest BCUT2D eigenvalue weighted by atomic mass is 32.1. The third-order valence-corrected chi connectivity index (χ3v) is 6.88. The Kier molecular flexibility index (Phi) is 5.07. The molecule has 2 aromatic carbocycles. The van der Waals surface area contributed by atoms with Crippen molar-refractivity contribution in [1.29, 1.82) is 0 Å². The molecule has 0 saturated carbocycles. The van der Waals surface area contributed by atoms with Crippen molar-refractivity contribution in [3.05, 3.63) is 104 Å². The predicted octanol–water partition coefficient (Wildman–Crippen LogP) is 6.29. The van der Waals surface area contributed by atoms with Gasteiger partial charge in [-0.2, -0.15) is 0 Å². The summed E-state index contributed by atoms with van der Waals surface area (Å²) in [5.41, 5.74) is 7.28. The van der Waals surface area contributed by atoms with Gasteiger partial charge in [0.15, 0.2) is 5.78 Å². The first-order valence-corrected chi connectivity index (χ1v) is 11.5. The van der Waals surface area contributed by atoms with Gasteiger partial charge >= 0.3 is 0 Å². The van der Waals surface area contributed by atoms with Gasteiger partial charge in [-0.15, -0.1) is 22.7 Å². The highest BCUT2D eigenvalue weighted by Gasteiger charge is 2.33. The number of allylic oxidation sites excluding steroid dienone is 1. The average Bonchev–Trinajstić information content (AvgIpc) is 3.49. The summed E-state index contributed by atoms with van der Waals surface area (Å²) in [4.78, 5) is 20.1. The number of aromatic nitrogens is 1. The molecule has 0 N–H and O–H groups in total. The maximum Gasteiger partial charge on any atom is 0.195 e. The minimum absolute atomic E-state index is 0.0448. The number of aryl methyl sites for hydroxylation is 1. The summed E-state index contributed by atoms with van der Waals surface area (Å²) < 4.78 is 5.98. The van der Waals surface area contributed by atoms with E-state index >= 15 is 0 Å². The Hall–Kier alpha value is -3.02. The second kappa shape index (κ2) is 8.01. The summed E-state index contributed by atoms with van der Waals surface area (Å²) in [5.74, 6) is 0.767. The minimum Gasteiger partial charge on any atom is -0.493 e. The minimum atomic E-state index is 0.0448. The number of carbonyl (C=O) groups excluding carboxylic acids is 1. The van der Waals surface area contributed by atoms with Gasteiger partial charge in [0.25, 0.3) is 0 Å². The van der Waals surface area contributed by atoms with Crippen LogP contribution in [0.4, 0.5) is 0 Å². The zero-order valence-electron chi connectivity index (χ0n) is 16.4. The molecule has 5 rings (SSSR count). The molecular weight excluding hydrogens is 410 g/mol. The van der Waals surface area contributed by atoms with Gasteiger partial charge in [0, 0.05) is 32.9 Å². The Morgan fingerprint density at radius 3 is 2.53 bits per heavy atom. The van der Waals surface area contributed by atoms with Crippen LogP contribution < -0.4 is 4.74 Å². The van der Waals surface area contributed by atoms with Crippen LogP contribution in [-0.2, 0) is 6.42 Å². The van der Waals surface area contributed by atoms with E-state index in [1.807, 2.05) is 59.4 Å². The molecule has 0 radical (unpaired) electrons. The number of thiophene rings is 1. The van der Waals surface area contributed by atoms with Gasteiger partial charge < -0.3 is 4.74 Å². The second-order valence-electron chi connectivity index (χ2n) is 7.11. The van der Waals surface area contributed by atoms with E-state index in [0.717, 1.165) is 44.3 Å². The van der Waals surface area contributed by atoms with Crippen molar-refractivity contribution in [3.8, 4) is 5.75 Å². The molecule has 2 heterocycles. The molecule has 148 valence electrons. The van der Waals surface area contributed by atoms with Crippen molar-refractivity contribution in [2.75, 3.05) is 6.61 Å². The predicted molar refractivity (Wildman–Crippen MR) is 123 cm³/mol. The Morgan fingerprint density at radius 2 is 1.80 bits per heavy atom. The van der Waals surface area contributed by atoms with Crippen LogP contribution in [0.15, 0.2) is 71.6 Å². The number of ketones is 1. The fraction of sp³-hybridized carbons (Fsp3) is 0.120. The first-order chi connectivity index (χ1) is 14.7. The Balaban J connectivity index is 1.47. The van der Waals surface area contributed by atoms with Crippen LogP contribution in [0.2, 0.25) is 0 Å². The number of nitrogens with zero attached hydrogens (tertiary/aromatic N) is 1. The molecule has 0 atom stereocenters. The topological polar surface area (TPSA) is 39.2 Å². The lowest BCUT2D eigenvalue weighted by molar-refractivity contribution is 0.105. The van der Waals surface area contributed by atoms with E-state index in [1.54, 1.807) is 22.7 Å². The Bertz CT molecular complexity index is 1240. The fourth-order valence-corrected chi connectivity index (χ4v) is 5.14. The lowest BCUT2D eigenvalue weighted by atomic mass is 10.0. The van der Waals surface area contributed by atoms with Gasteiger partial charge in [-0.05, 0) is 47.7 Å². The van der Waals surface area contributed by atoms with Crippen LogP contribution >= 0.6 is 22.7 Å². The molecular formula is C25H19NO2S2. The van der Waals surface area contributed by atoms with Crippen molar-refractivity contribution < 1.29 is 9.53 Å². The van der Waals surface area contributed by atoms with Crippen molar-refractivity contribution >= 4 is 39.6 Å². The van der Waals surface area contributed by atoms with E-state index in [1.165, 1.54) is 5.56 Å². The maximum atomic E-state index is 13.4. The lowest BCUT2D eigenvalue weighted by Crippen LogP contribution is -2.03. The Morgan fingerprint density at radius 1 is 0.933 bits per heavy atom. The molecule has 3 nitrogen and oxygen atoms in total. The number of hydrogen-bond donors (Lipinski definition) is 0. The van der Waals surface area contributed by atoms with Crippen LogP contribution in [0.1, 0.15) is 36.9 Å². The molecule has 1 aliphatic carbocycles. The molecule has 30 heavy (non-hydrogen) atoms. The number of carbonyl (C=O) groups is 1. The molecule has 2 aromatic heterocycles. The SMILES string of the molecule is Cc1scnc1C1=C(c2cccs2)C(=O)c2cc(OCCc3ccccc3)ccc21. The number of fused-ring (bicyclic) bond motifs is 1. The van der Waals surface area contributed by atoms with Crippen LogP contribution in [0.3, 0.4) is 0 Å². The van der Waals surface area contributed by atoms with Crippen LogP contribution in [-0.4, -0.2) is 17.4 Å². The molecule has 0 spiro atoms. The van der Waals surface area contributed by atoms with E-state index in [4.69, 9.17) is 4.74 Å². The quantitative estimate of drug-likeness (QED) is 0.362. The zero-order chi connectivity index (χ0) is 20.5. The lowest BCUT2D eigenvalue weighted by Gasteiger charge is -2.09. The van der Waals surface area contributed by atoms with E-state index in [9.17, 15) is 4.79 Å². The first kappa shape index (κ1) is 19.0. The molecule has 0 bridgehead atoms. The second-order valence-corrected chi connectivity index (χ2v) is 9.11. The molecule has 4 aromatic rings. The number of hydrogen-bond acceptors (Lipinski definition) is 5. The van der Waals surface area contributed by atoms with E-state index in [2.05, 4.69) is 24.0 Å². The summed E-state index contributed by atoms with van der Waals surface area (Å²) in [5, 5.41) is 2.00. The van der Waals surface area contributed by atoms with Gasteiger partial charge in [0.1, 0.15) is 5.75 Å². The van der Waals surface area contributed by atoms with Gasteiger partial charge in [-0.1, -0.05) is 36.4 Å². The van der Waals surface area contributed by atoms with Crippen molar-refractivity contribution in [3.63, 3.8) is 0 Å². The largest absolute Gasteiger partial charge is 0.493 e. The molecule has 0 unspecified atom stereocenters. The Labute approximate surface area is 183 Å². The first-order valence-electron chi connectivity index (χ1n) is 9.77. The normalized spacial score (nSPS) is 13.0. The molecule has 0 saturated heterocycles. The van der Waals surface area contributed by atoms with E-state index < -0.39 is 0 Å². The third kappa shape index (κ3) is 3.40. The standard InChI is InChI=1S/C25H19NO2S2/c1-16-24(26-15-30-16)22-19-10-9-18(28-12-11-17-6-3-2-4-7-17)14-20(19)25(27)23(22)21-8-5-13-29-21/h2-10,13-15H,11-12H2,1H3.